The standard InChI is InChI=1S/C36H32O16/c37-12-27-31(45)32(46)33(47)35(50-27)48-15-7-21(42)28-16-11-36(51-25(28)8-15,14-2-4-18(39)20(41)6-14)52-26-10-23(44)30-22(43)9-24(49-34(30)29(16)26)13-1-3-17(38)19(40)5-13/h1-8,10,16,24,27,31-33,35,37-42,44-47H,9,11-12H2/t16-,24-,27-,31-,32+,33+,35-,36-/m1/s1. The van der Waals surface area contributed by atoms with E-state index in [1.165, 1.54) is 54.6 Å². The van der Waals surface area contributed by atoms with Crippen molar-refractivity contribution in [3.63, 3.8) is 0 Å². The lowest BCUT2D eigenvalue weighted by Crippen LogP contribution is -2.60. The molecule has 0 radical (unpaired) electrons. The molecule has 10 N–H and O–H groups in total. The number of aliphatic hydroxyl groups excluding tert-OH is 4. The van der Waals surface area contributed by atoms with E-state index in [0.29, 0.717) is 5.56 Å². The number of Topliss-reactive ketones (excluding diaryl/α,β-unsaturated/α-hetero) is 1. The molecule has 52 heavy (non-hydrogen) atoms. The van der Waals surface area contributed by atoms with E-state index in [-0.39, 0.29) is 63.8 Å². The molecule has 0 aromatic heterocycles. The van der Waals surface area contributed by atoms with Gasteiger partial charge in [0.05, 0.1) is 13.0 Å². The summed E-state index contributed by atoms with van der Waals surface area (Å²) in [6.45, 7) is -0.705. The summed E-state index contributed by atoms with van der Waals surface area (Å²) in [7, 11) is 0. The maximum Gasteiger partial charge on any atom is 0.279 e. The number of phenols is 6. The summed E-state index contributed by atoms with van der Waals surface area (Å²) in [6.07, 6.45) is -9.34. The second kappa shape index (κ2) is 12.0. The molecule has 0 spiro atoms. The summed E-state index contributed by atoms with van der Waals surface area (Å²) in [5, 5.41) is 104. The van der Waals surface area contributed by atoms with Crippen molar-refractivity contribution in [1.82, 2.24) is 0 Å². The van der Waals surface area contributed by atoms with Crippen molar-refractivity contribution < 1.29 is 79.5 Å². The fourth-order valence-electron chi connectivity index (χ4n) is 7.29. The zero-order valence-electron chi connectivity index (χ0n) is 26.8. The predicted molar refractivity (Wildman–Crippen MR) is 172 cm³/mol. The lowest BCUT2D eigenvalue weighted by molar-refractivity contribution is -0.277. The first-order chi connectivity index (χ1) is 24.8. The number of carbonyl (C=O) groups excluding carboxylic acids is 1. The van der Waals surface area contributed by atoms with Gasteiger partial charge in [0.25, 0.3) is 5.79 Å². The fraction of sp³-hybridized carbons (Fsp3) is 0.306. The SMILES string of the molecule is O=C1C[C@H](c2ccc(O)c(O)c2)Oc2c1c(O)cc1c2[C@@H]2C[C@@](c3ccc(O)c(O)c3)(Oc3cc(O[C@@H]4O[C@H](CO)[C@@H](O)[C@H](O)[C@@H]4O)cc(O)c32)O1. The Hall–Kier alpha value is -5.65. The van der Waals surface area contributed by atoms with Gasteiger partial charge in [0.2, 0.25) is 6.29 Å². The summed E-state index contributed by atoms with van der Waals surface area (Å²) in [6, 6.07) is 11.5. The van der Waals surface area contributed by atoms with Crippen LogP contribution in [0.2, 0.25) is 0 Å². The number of aliphatic hydroxyl groups is 4. The monoisotopic (exact) mass is 720 g/mol. The Kier molecular flexibility index (Phi) is 7.70. The molecular weight excluding hydrogens is 688 g/mol. The third-order valence-corrected chi connectivity index (χ3v) is 9.87. The highest BCUT2D eigenvalue weighted by Crippen LogP contribution is 2.62. The number of carbonyl (C=O) groups is 1. The highest BCUT2D eigenvalue weighted by atomic mass is 16.7. The molecule has 4 aliphatic heterocycles. The average molecular weight is 721 g/mol. The molecule has 4 aromatic rings. The largest absolute Gasteiger partial charge is 0.507 e. The van der Waals surface area contributed by atoms with Crippen molar-refractivity contribution in [2.75, 3.05) is 6.61 Å². The van der Waals surface area contributed by atoms with E-state index in [1.54, 1.807) is 0 Å². The van der Waals surface area contributed by atoms with Crippen LogP contribution in [0.4, 0.5) is 0 Å². The van der Waals surface area contributed by atoms with E-state index >= 15 is 0 Å². The van der Waals surface area contributed by atoms with Gasteiger partial charge in [-0.3, -0.25) is 4.79 Å². The molecule has 0 saturated carbocycles. The van der Waals surface area contributed by atoms with Crippen LogP contribution in [0.15, 0.2) is 54.6 Å². The van der Waals surface area contributed by atoms with Crippen LogP contribution in [-0.4, -0.2) is 94.2 Å². The van der Waals surface area contributed by atoms with Gasteiger partial charge in [-0.15, -0.1) is 0 Å². The first-order valence-electron chi connectivity index (χ1n) is 16.1. The van der Waals surface area contributed by atoms with Crippen molar-refractivity contribution in [2.45, 2.75) is 61.4 Å². The van der Waals surface area contributed by atoms with Crippen LogP contribution in [0.3, 0.4) is 0 Å². The second-order valence-electron chi connectivity index (χ2n) is 13.1. The maximum absolute atomic E-state index is 13.6. The minimum Gasteiger partial charge on any atom is -0.507 e. The van der Waals surface area contributed by atoms with Crippen molar-refractivity contribution in [3.8, 4) is 57.5 Å². The number of aromatic hydroxyl groups is 6. The molecule has 0 unspecified atom stereocenters. The Balaban J connectivity index is 1.27. The number of hydrogen-bond acceptors (Lipinski definition) is 16. The van der Waals surface area contributed by atoms with Crippen molar-refractivity contribution in [2.24, 2.45) is 0 Å². The third kappa shape index (κ3) is 5.14. The molecule has 8 rings (SSSR count). The quantitative estimate of drug-likeness (QED) is 0.132. The summed E-state index contributed by atoms with van der Waals surface area (Å²) in [5.74, 6) is -6.08. The van der Waals surface area contributed by atoms with Crippen molar-refractivity contribution in [3.05, 3.63) is 82.4 Å². The minimum atomic E-state index is -1.80. The van der Waals surface area contributed by atoms with Gasteiger partial charge < -0.3 is 74.7 Å². The Bertz CT molecular complexity index is 2110. The first kappa shape index (κ1) is 33.5. The van der Waals surface area contributed by atoms with Crippen LogP contribution >= 0.6 is 0 Å². The van der Waals surface area contributed by atoms with E-state index in [2.05, 4.69) is 0 Å². The molecule has 272 valence electrons. The zero-order chi connectivity index (χ0) is 36.8. The normalized spacial score (nSPS) is 28.7. The van der Waals surface area contributed by atoms with E-state index in [0.717, 1.165) is 0 Å². The number of benzene rings is 4. The highest BCUT2D eigenvalue weighted by molar-refractivity contribution is 6.03. The summed E-state index contributed by atoms with van der Waals surface area (Å²) < 4.78 is 30.5. The predicted octanol–water partition coefficient (Wildman–Crippen LogP) is 1.97. The Labute approximate surface area is 293 Å². The van der Waals surface area contributed by atoms with Crippen LogP contribution in [0, 0.1) is 0 Å². The van der Waals surface area contributed by atoms with Gasteiger partial charge in [-0.1, -0.05) is 6.07 Å². The molecule has 8 atom stereocenters. The summed E-state index contributed by atoms with van der Waals surface area (Å²) in [5.41, 5.74) is 0.816. The lowest BCUT2D eigenvalue weighted by atomic mass is 9.76. The van der Waals surface area contributed by atoms with Gasteiger partial charge in [0.1, 0.15) is 70.6 Å². The van der Waals surface area contributed by atoms with Gasteiger partial charge in [-0.25, -0.2) is 0 Å². The van der Waals surface area contributed by atoms with Crippen LogP contribution < -0.4 is 18.9 Å². The summed E-state index contributed by atoms with van der Waals surface area (Å²) in [4.78, 5) is 13.6. The van der Waals surface area contributed by atoms with Crippen LogP contribution in [0.1, 0.15) is 57.5 Å². The Morgan fingerprint density at radius 1 is 0.731 bits per heavy atom. The molecule has 16 heteroatoms. The van der Waals surface area contributed by atoms with Gasteiger partial charge in [0.15, 0.2) is 28.8 Å². The molecule has 0 aliphatic carbocycles. The van der Waals surface area contributed by atoms with Gasteiger partial charge in [0, 0.05) is 47.2 Å². The smallest absolute Gasteiger partial charge is 0.279 e. The molecule has 1 saturated heterocycles. The van der Waals surface area contributed by atoms with Crippen LogP contribution in [0.25, 0.3) is 0 Å². The molecule has 4 heterocycles. The van der Waals surface area contributed by atoms with Gasteiger partial charge in [-0.2, -0.15) is 0 Å². The van der Waals surface area contributed by atoms with Crippen LogP contribution in [0.5, 0.6) is 57.5 Å². The minimum absolute atomic E-state index is 0.00577. The van der Waals surface area contributed by atoms with E-state index < -0.39 is 89.7 Å². The Morgan fingerprint density at radius 3 is 2.12 bits per heavy atom. The zero-order valence-corrected chi connectivity index (χ0v) is 26.8. The second-order valence-corrected chi connectivity index (χ2v) is 13.1. The topological polar surface area (TPSA) is 266 Å². The Morgan fingerprint density at radius 2 is 1.42 bits per heavy atom. The highest BCUT2D eigenvalue weighted by Gasteiger charge is 2.54. The van der Waals surface area contributed by atoms with Crippen molar-refractivity contribution >= 4 is 5.78 Å². The van der Waals surface area contributed by atoms with Crippen LogP contribution in [-0.2, 0) is 10.5 Å². The molecule has 0 amide bonds. The fourth-order valence-corrected chi connectivity index (χ4v) is 7.29. The first-order valence-corrected chi connectivity index (χ1v) is 16.1. The molecule has 16 nitrogen and oxygen atoms in total. The third-order valence-electron chi connectivity index (χ3n) is 9.87. The number of ether oxygens (including phenoxy) is 5. The molecule has 4 aliphatic rings. The molecule has 4 aromatic carbocycles. The maximum atomic E-state index is 13.6. The lowest BCUT2D eigenvalue weighted by Gasteiger charge is -2.47. The van der Waals surface area contributed by atoms with E-state index in [9.17, 15) is 55.9 Å². The number of phenolic OH excluding ortho intramolecular Hbond substituents is 6. The number of fused-ring (bicyclic) bond motifs is 8. The molecule has 2 bridgehead atoms. The number of ketones is 1. The number of rotatable bonds is 5. The van der Waals surface area contributed by atoms with Crippen molar-refractivity contribution in [1.29, 1.82) is 0 Å². The van der Waals surface area contributed by atoms with Gasteiger partial charge >= 0.3 is 0 Å². The van der Waals surface area contributed by atoms with E-state index in [1.807, 2.05) is 0 Å². The molecule has 1 fully saturated rings. The number of hydrogen-bond donors (Lipinski definition) is 10. The average Bonchev–Trinajstić information content (AvgIpc) is 3.10. The summed E-state index contributed by atoms with van der Waals surface area (Å²) >= 11 is 0. The molecular formula is C36H32O16. The van der Waals surface area contributed by atoms with E-state index in [4.69, 9.17) is 23.7 Å². The van der Waals surface area contributed by atoms with Gasteiger partial charge in [-0.05, 0) is 35.9 Å².